The van der Waals surface area contributed by atoms with Crippen molar-refractivity contribution in [2.24, 2.45) is 12.0 Å². The molecule has 6 heteroatoms. The van der Waals surface area contributed by atoms with Gasteiger partial charge in [-0.2, -0.15) is 5.10 Å². The van der Waals surface area contributed by atoms with E-state index in [0.717, 1.165) is 57.2 Å². The third kappa shape index (κ3) is 4.82. The second kappa shape index (κ2) is 8.67. The molecule has 0 bridgehead atoms. The molecule has 0 aliphatic carbocycles. The van der Waals surface area contributed by atoms with Crippen molar-refractivity contribution in [1.29, 1.82) is 0 Å². The number of hydrogen-bond acceptors (Lipinski definition) is 3. The molecule has 2 heterocycles. The number of aliphatic imine (C=N–C) groups is 1. The van der Waals surface area contributed by atoms with Gasteiger partial charge in [-0.1, -0.05) is 24.3 Å². The zero-order valence-electron chi connectivity index (χ0n) is 15.2. The Hall–Kier alpha value is -2.34. The average molecular weight is 340 g/mol. The summed E-state index contributed by atoms with van der Waals surface area (Å²) in [6.45, 7) is 4.98. The quantitative estimate of drug-likeness (QED) is 0.476. The van der Waals surface area contributed by atoms with Crippen molar-refractivity contribution in [2.75, 3.05) is 26.7 Å². The highest BCUT2D eigenvalue weighted by Gasteiger charge is 2.14. The summed E-state index contributed by atoms with van der Waals surface area (Å²) in [5, 5.41) is 10.9. The van der Waals surface area contributed by atoms with Crippen LogP contribution in [0, 0.1) is 0 Å². The van der Waals surface area contributed by atoms with Gasteiger partial charge >= 0.3 is 0 Å². The zero-order valence-corrected chi connectivity index (χ0v) is 15.2. The molecule has 0 saturated heterocycles. The molecular formula is C19H28N6. The summed E-state index contributed by atoms with van der Waals surface area (Å²) in [6, 6.07) is 10.8. The Bertz CT molecular complexity index is 705. The molecule has 25 heavy (non-hydrogen) atoms. The Morgan fingerprint density at radius 2 is 2.04 bits per heavy atom. The summed E-state index contributed by atoms with van der Waals surface area (Å²) < 4.78 is 1.87. The van der Waals surface area contributed by atoms with Crippen molar-refractivity contribution >= 4 is 5.96 Å². The summed E-state index contributed by atoms with van der Waals surface area (Å²) >= 11 is 0. The lowest BCUT2D eigenvalue weighted by Gasteiger charge is -2.28. The van der Waals surface area contributed by atoms with E-state index in [1.165, 1.54) is 11.1 Å². The Morgan fingerprint density at radius 3 is 2.80 bits per heavy atom. The molecule has 2 N–H and O–H groups in total. The van der Waals surface area contributed by atoms with Crippen LogP contribution in [0.5, 0.6) is 0 Å². The van der Waals surface area contributed by atoms with Gasteiger partial charge in [0.1, 0.15) is 0 Å². The number of aryl methyl sites for hydroxylation is 1. The van der Waals surface area contributed by atoms with E-state index in [9.17, 15) is 0 Å². The van der Waals surface area contributed by atoms with Gasteiger partial charge in [0.2, 0.25) is 0 Å². The fraction of sp³-hybridized carbons (Fsp3) is 0.474. The Kier molecular flexibility index (Phi) is 6.06. The first kappa shape index (κ1) is 17.5. The Morgan fingerprint density at radius 1 is 1.20 bits per heavy atom. The van der Waals surface area contributed by atoms with Gasteiger partial charge in [-0.15, -0.1) is 0 Å². The zero-order chi connectivity index (χ0) is 17.5. The minimum atomic E-state index is 0.721. The predicted molar refractivity (Wildman–Crippen MR) is 101 cm³/mol. The number of benzene rings is 1. The SMILES string of the molecule is CN=C(NCCCN1CCc2ccccc2C1)NCc1ccnn1C. The van der Waals surface area contributed by atoms with Crippen molar-refractivity contribution in [1.82, 2.24) is 25.3 Å². The van der Waals surface area contributed by atoms with Crippen molar-refractivity contribution in [3.05, 3.63) is 53.3 Å². The molecule has 0 fully saturated rings. The third-order valence-electron chi connectivity index (χ3n) is 4.74. The van der Waals surface area contributed by atoms with Crippen LogP contribution in [0.15, 0.2) is 41.5 Å². The van der Waals surface area contributed by atoms with E-state index in [2.05, 4.69) is 49.9 Å². The van der Waals surface area contributed by atoms with Gasteiger partial charge in [-0.3, -0.25) is 14.6 Å². The standard InChI is InChI=1S/C19H28N6/c1-20-19(22-14-18-8-11-23-24(18)2)21-10-5-12-25-13-9-16-6-3-4-7-17(16)15-25/h3-4,6-8,11H,5,9-10,12-15H2,1-2H3,(H2,20,21,22). The van der Waals surface area contributed by atoms with Crippen LogP contribution in [0.3, 0.4) is 0 Å². The van der Waals surface area contributed by atoms with E-state index < -0.39 is 0 Å². The maximum atomic E-state index is 4.28. The van der Waals surface area contributed by atoms with Crippen molar-refractivity contribution in [3.63, 3.8) is 0 Å². The third-order valence-corrected chi connectivity index (χ3v) is 4.74. The number of nitrogens with zero attached hydrogens (tertiary/aromatic N) is 4. The van der Waals surface area contributed by atoms with E-state index >= 15 is 0 Å². The predicted octanol–water partition coefficient (Wildman–Crippen LogP) is 1.53. The number of guanidine groups is 1. The lowest BCUT2D eigenvalue weighted by atomic mass is 10.00. The smallest absolute Gasteiger partial charge is 0.191 e. The number of aromatic nitrogens is 2. The topological polar surface area (TPSA) is 57.5 Å². The molecule has 1 aromatic heterocycles. The molecule has 1 aromatic carbocycles. The van der Waals surface area contributed by atoms with Crippen molar-refractivity contribution in [2.45, 2.75) is 25.9 Å². The van der Waals surface area contributed by atoms with E-state index in [1.807, 2.05) is 24.0 Å². The van der Waals surface area contributed by atoms with Crippen LogP contribution in [0.1, 0.15) is 23.2 Å². The summed E-state index contributed by atoms with van der Waals surface area (Å²) in [5.74, 6) is 0.838. The van der Waals surface area contributed by atoms with E-state index in [4.69, 9.17) is 0 Å². The molecule has 0 saturated carbocycles. The molecule has 1 aliphatic heterocycles. The van der Waals surface area contributed by atoms with Gasteiger partial charge in [0, 0.05) is 46.5 Å². The number of nitrogens with one attached hydrogen (secondary N) is 2. The normalized spacial score (nSPS) is 15.0. The van der Waals surface area contributed by atoms with Gasteiger partial charge in [0.25, 0.3) is 0 Å². The van der Waals surface area contributed by atoms with Gasteiger partial charge in [-0.25, -0.2) is 0 Å². The Balaban J connectivity index is 1.36. The molecular weight excluding hydrogens is 312 g/mol. The monoisotopic (exact) mass is 340 g/mol. The van der Waals surface area contributed by atoms with Crippen LogP contribution < -0.4 is 10.6 Å². The van der Waals surface area contributed by atoms with Crippen molar-refractivity contribution < 1.29 is 0 Å². The lowest BCUT2D eigenvalue weighted by molar-refractivity contribution is 0.251. The molecule has 6 nitrogen and oxygen atoms in total. The second-order valence-corrected chi connectivity index (χ2v) is 6.45. The summed E-state index contributed by atoms with van der Waals surface area (Å²) in [4.78, 5) is 6.82. The van der Waals surface area contributed by atoms with Gasteiger partial charge in [0.15, 0.2) is 5.96 Å². The average Bonchev–Trinajstić information content (AvgIpc) is 3.06. The van der Waals surface area contributed by atoms with Gasteiger partial charge < -0.3 is 10.6 Å². The van der Waals surface area contributed by atoms with E-state index in [1.54, 1.807) is 7.05 Å². The molecule has 134 valence electrons. The van der Waals surface area contributed by atoms with E-state index in [0.29, 0.717) is 0 Å². The molecule has 3 rings (SSSR count). The van der Waals surface area contributed by atoms with Crippen LogP contribution >= 0.6 is 0 Å². The number of fused-ring (bicyclic) bond motifs is 1. The van der Waals surface area contributed by atoms with Crippen LogP contribution in [0.4, 0.5) is 0 Å². The Labute approximate surface area is 149 Å². The molecule has 1 aliphatic rings. The van der Waals surface area contributed by atoms with Crippen LogP contribution in [0.2, 0.25) is 0 Å². The summed E-state index contributed by atoms with van der Waals surface area (Å²) in [5.41, 5.74) is 4.13. The maximum Gasteiger partial charge on any atom is 0.191 e. The summed E-state index contributed by atoms with van der Waals surface area (Å²) in [6.07, 6.45) is 4.08. The minimum Gasteiger partial charge on any atom is -0.356 e. The molecule has 0 spiro atoms. The first-order chi connectivity index (χ1) is 12.3. The molecule has 0 radical (unpaired) electrons. The fourth-order valence-corrected chi connectivity index (χ4v) is 3.22. The lowest BCUT2D eigenvalue weighted by Crippen LogP contribution is -2.39. The highest BCUT2D eigenvalue weighted by molar-refractivity contribution is 5.79. The minimum absolute atomic E-state index is 0.721. The van der Waals surface area contributed by atoms with Crippen LogP contribution in [0.25, 0.3) is 0 Å². The van der Waals surface area contributed by atoms with E-state index in [-0.39, 0.29) is 0 Å². The molecule has 0 unspecified atom stereocenters. The highest BCUT2D eigenvalue weighted by atomic mass is 15.3. The largest absolute Gasteiger partial charge is 0.356 e. The van der Waals surface area contributed by atoms with Gasteiger partial charge in [0.05, 0.1) is 12.2 Å². The first-order valence-corrected chi connectivity index (χ1v) is 8.97. The molecule has 0 atom stereocenters. The van der Waals surface area contributed by atoms with Gasteiger partial charge in [-0.05, 0) is 30.0 Å². The molecule has 2 aromatic rings. The van der Waals surface area contributed by atoms with Crippen LogP contribution in [-0.4, -0.2) is 47.3 Å². The fourth-order valence-electron chi connectivity index (χ4n) is 3.22. The second-order valence-electron chi connectivity index (χ2n) is 6.45. The maximum absolute atomic E-state index is 4.28. The number of rotatable bonds is 6. The summed E-state index contributed by atoms with van der Waals surface area (Å²) in [7, 11) is 3.75. The number of hydrogen-bond donors (Lipinski definition) is 2. The van der Waals surface area contributed by atoms with Crippen molar-refractivity contribution in [3.8, 4) is 0 Å². The first-order valence-electron chi connectivity index (χ1n) is 8.97. The van der Waals surface area contributed by atoms with Crippen LogP contribution in [-0.2, 0) is 26.6 Å². The molecule has 0 amide bonds. The highest BCUT2D eigenvalue weighted by Crippen LogP contribution is 2.18.